The predicted molar refractivity (Wildman–Crippen MR) is 123 cm³/mol. The highest BCUT2D eigenvalue weighted by Gasteiger charge is 2.26. The molecule has 30 heavy (non-hydrogen) atoms. The lowest BCUT2D eigenvalue weighted by molar-refractivity contribution is 0.103. The van der Waals surface area contributed by atoms with E-state index in [1.54, 1.807) is 0 Å². The molecule has 0 fully saturated rings. The van der Waals surface area contributed by atoms with E-state index >= 15 is 0 Å². The first-order valence-corrected chi connectivity index (χ1v) is 11.2. The molecule has 1 aromatic carbocycles. The number of nitrogen functional groups attached to an aromatic ring is 1. The van der Waals surface area contributed by atoms with E-state index in [0.29, 0.717) is 21.1 Å². The number of nitrogens with zero attached hydrogens (tertiary/aromatic N) is 2. The molecule has 0 saturated carbocycles. The molecule has 5 nitrogen and oxygen atoms in total. The second-order valence-corrected chi connectivity index (χ2v) is 9.46. The van der Waals surface area contributed by atoms with Crippen LogP contribution >= 0.6 is 22.7 Å². The Morgan fingerprint density at radius 1 is 1.23 bits per heavy atom. The minimum absolute atomic E-state index is 0.295. The van der Waals surface area contributed by atoms with Gasteiger partial charge in [0.25, 0.3) is 5.91 Å². The lowest BCUT2D eigenvalue weighted by Crippen LogP contribution is -2.12. The summed E-state index contributed by atoms with van der Waals surface area (Å²) in [5, 5.41) is 14.2. The summed E-state index contributed by atoms with van der Waals surface area (Å²) in [6.45, 7) is 3.90. The number of hydrogen-bond donors (Lipinski definition) is 2. The first-order valence-electron chi connectivity index (χ1n) is 9.59. The van der Waals surface area contributed by atoms with Gasteiger partial charge in [-0.3, -0.25) is 4.79 Å². The van der Waals surface area contributed by atoms with E-state index in [-0.39, 0.29) is 5.91 Å². The summed E-state index contributed by atoms with van der Waals surface area (Å²) < 4.78 is 0. The summed E-state index contributed by atoms with van der Waals surface area (Å²) in [5.74, 6) is -0.295. The van der Waals surface area contributed by atoms with E-state index in [2.05, 4.69) is 28.5 Å². The fraction of sp³-hybridized carbons (Fsp3) is 0.174. The molecule has 0 aliphatic heterocycles. The lowest BCUT2D eigenvalue weighted by atomic mass is 9.90. The summed E-state index contributed by atoms with van der Waals surface area (Å²) in [6.07, 6.45) is 1.70. The van der Waals surface area contributed by atoms with E-state index in [0.717, 1.165) is 50.3 Å². The van der Waals surface area contributed by atoms with Crippen LogP contribution in [0.15, 0.2) is 30.3 Å². The molecule has 0 spiro atoms. The normalized spacial score (nSPS) is 12.3. The Morgan fingerprint density at radius 2 is 2.03 bits per heavy atom. The predicted octanol–water partition coefficient (Wildman–Crippen LogP) is 5.45. The third-order valence-corrected chi connectivity index (χ3v) is 7.76. The molecule has 5 rings (SSSR count). The third-order valence-electron chi connectivity index (χ3n) is 5.48. The molecule has 0 unspecified atom stereocenters. The number of nitriles is 1. The maximum Gasteiger partial charge on any atom is 0.268 e. The fourth-order valence-corrected chi connectivity index (χ4v) is 6.51. The molecule has 3 aromatic heterocycles. The van der Waals surface area contributed by atoms with Crippen molar-refractivity contribution in [2.45, 2.75) is 26.7 Å². The molecule has 1 aliphatic carbocycles. The van der Waals surface area contributed by atoms with Crippen molar-refractivity contribution in [2.75, 3.05) is 11.1 Å². The number of aromatic nitrogens is 1. The van der Waals surface area contributed by atoms with Crippen molar-refractivity contribution in [3.63, 3.8) is 0 Å². The Hall–Kier alpha value is -3.21. The number of nitrogens with two attached hydrogens (primary N) is 1. The first kappa shape index (κ1) is 18.8. The summed E-state index contributed by atoms with van der Waals surface area (Å²) in [7, 11) is 0. The van der Waals surface area contributed by atoms with Crippen LogP contribution in [0.4, 0.5) is 10.7 Å². The average molecular weight is 431 g/mol. The lowest BCUT2D eigenvalue weighted by Gasteiger charge is -2.15. The average Bonchev–Trinajstić information content (AvgIpc) is 3.25. The van der Waals surface area contributed by atoms with Crippen LogP contribution in [0.2, 0.25) is 0 Å². The van der Waals surface area contributed by atoms with Gasteiger partial charge in [-0.05, 0) is 55.0 Å². The van der Waals surface area contributed by atoms with Crippen molar-refractivity contribution in [1.82, 2.24) is 4.98 Å². The molecule has 0 radical (unpaired) electrons. The van der Waals surface area contributed by atoms with Crippen LogP contribution in [0.25, 0.3) is 20.7 Å². The summed E-state index contributed by atoms with van der Waals surface area (Å²) in [6, 6.07) is 12.5. The Bertz CT molecular complexity index is 1390. The highest BCUT2D eigenvalue weighted by atomic mass is 32.1. The minimum Gasteiger partial charge on any atom is -0.397 e. The molecule has 1 amide bonds. The Balaban J connectivity index is 1.56. The maximum absolute atomic E-state index is 13.1. The number of aryl methyl sites for hydroxylation is 3. The third kappa shape index (κ3) is 2.80. The number of carbonyl (C=O) groups excluding carboxylic acids is 1. The molecule has 7 heteroatoms. The van der Waals surface area contributed by atoms with Gasteiger partial charge in [-0.25, -0.2) is 4.98 Å². The molecule has 3 heterocycles. The zero-order valence-corrected chi connectivity index (χ0v) is 18.1. The Kier molecular flexibility index (Phi) is 4.35. The van der Waals surface area contributed by atoms with E-state index in [9.17, 15) is 10.1 Å². The minimum atomic E-state index is -0.295. The first-order chi connectivity index (χ1) is 14.5. The van der Waals surface area contributed by atoms with Crippen LogP contribution in [0.1, 0.15) is 37.6 Å². The summed E-state index contributed by atoms with van der Waals surface area (Å²) in [4.78, 5) is 19.9. The molecule has 148 valence electrons. The van der Waals surface area contributed by atoms with Gasteiger partial charge in [0.15, 0.2) is 0 Å². The number of fused-ring (bicyclic) bond motifs is 4. The molecule has 0 saturated heterocycles. The number of hydrogen-bond acceptors (Lipinski definition) is 6. The number of carbonyl (C=O) groups is 1. The van der Waals surface area contributed by atoms with Crippen molar-refractivity contribution in [2.24, 2.45) is 0 Å². The quantitative estimate of drug-likeness (QED) is 0.442. The summed E-state index contributed by atoms with van der Waals surface area (Å²) in [5.41, 5.74) is 12.7. The van der Waals surface area contributed by atoms with Gasteiger partial charge in [0.05, 0.1) is 11.3 Å². The highest BCUT2D eigenvalue weighted by molar-refractivity contribution is 7.22. The zero-order valence-electron chi connectivity index (χ0n) is 16.5. The molecule has 0 bridgehead atoms. The molecule has 4 aromatic rings. The van der Waals surface area contributed by atoms with Gasteiger partial charge < -0.3 is 11.1 Å². The van der Waals surface area contributed by atoms with Gasteiger partial charge in [-0.15, -0.1) is 22.7 Å². The van der Waals surface area contributed by atoms with Crippen molar-refractivity contribution < 1.29 is 4.79 Å². The molecule has 1 aliphatic rings. The Morgan fingerprint density at radius 3 is 2.83 bits per heavy atom. The van der Waals surface area contributed by atoms with Crippen molar-refractivity contribution in [3.8, 4) is 16.5 Å². The topological polar surface area (TPSA) is 91.8 Å². The number of amides is 1. The standard InChI is InChI=1S/C23H18N4OS2/c1-11-9-12(2)26-23-17(11)18(25)20(30-23)21(28)27-22-16(10-24)15-8-7-13-5-3-4-6-14(13)19(15)29-22/h3-6,9H,7-8,25H2,1-2H3,(H,27,28). The van der Waals surface area contributed by atoms with Crippen LogP contribution in [0, 0.1) is 25.2 Å². The number of benzene rings is 1. The van der Waals surface area contributed by atoms with Crippen LogP contribution in [-0.4, -0.2) is 10.9 Å². The number of rotatable bonds is 2. The molecule has 3 N–H and O–H groups in total. The van der Waals surface area contributed by atoms with Crippen LogP contribution < -0.4 is 11.1 Å². The van der Waals surface area contributed by atoms with Gasteiger partial charge in [0.2, 0.25) is 0 Å². The van der Waals surface area contributed by atoms with Crippen LogP contribution in [-0.2, 0) is 12.8 Å². The molecule has 0 atom stereocenters. The number of anilines is 2. The zero-order chi connectivity index (χ0) is 21.0. The van der Waals surface area contributed by atoms with Crippen LogP contribution in [0.5, 0.6) is 0 Å². The SMILES string of the molecule is Cc1cc(C)c2c(N)c(C(=O)Nc3sc4c(c3C#N)CCc3ccccc3-4)sc2n1. The summed E-state index contributed by atoms with van der Waals surface area (Å²) >= 11 is 2.75. The van der Waals surface area contributed by atoms with Gasteiger partial charge >= 0.3 is 0 Å². The number of pyridine rings is 1. The van der Waals surface area contributed by atoms with Gasteiger partial charge in [-0.1, -0.05) is 24.3 Å². The molecular weight excluding hydrogens is 412 g/mol. The smallest absolute Gasteiger partial charge is 0.268 e. The van der Waals surface area contributed by atoms with Gasteiger partial charge in [0.1, 0.15) is 20.8 Å². The molecular formula is C23H18N4OS2. The highest BCUT2D eigenvalue weighted by Crippen LogP contribution is 2.45. The van der Waals surface area contributed by atoms with Crippen molar-refractivity contribution >= 4 is 49.5 Å². The van der Waals surface area contributed by atoms with Crippen molar-refractivity contribution in [1.29, 1.82) is 5.26 Å². The van der Waals surface area contributed by atoms with E-state index in [1.807, 2.05) is 32.0 Å². The largest absolute Gasteiger partial charge is 0.397 e. The van der Waals surface area contributed by atoms with Crippen LogP contribution in [0.3, 0.4) is 0 Å². The monoisotopic (exact) mass is 430 g/mol. The second-order valence-electron chi connectivity index (χ2n) is 7.44. The fourth-order valence-electron chi connectivity index (χ4n) is 4.14. The van der Waals surface area contributed by atoms with Gasteiger partial charge in [-0.2, -0.15) is 5.26 Å². The van der Waals surface area contributed by atoms with E-state index < -0.39 is 0 Å². The number of nitrogens with one attached hydrogen (secondary N) is 1. The second kappa shape index (κ2) is 6.94. The van der Waals surface area contributed by atoms with Gasteiger partial charge in [0, 0.05) is 16.0 Å². The van der Waals surface area contributed by atoms with E-state index in [1.165, 1.54) is 28.2 Å². The number of thiophene rings is 2. The van der Waals surface area contributed by atoms with E-state index in [4.69, 9.17) is 5.73 Å². The Labute approximate surface area is 181 Å². The maximum atomic E-state index is 13.1. The van der Waals surface area contributed by atoms with Crippen molar-refractivity contribution in [3.05, 3.63) is 63.2 Å².